The summed E-state index contributed by atoms with van der Waals surface area (Å²) >= 11 is 0. The van der Waals surface area contributed by atoms with Crippen LogP contribution in [-0.4, -0.2) is 17.4 Å². The molecular weight excluding hydrogens is 274 g/mol. The van der Waals surface area contributed by atoms with Gasteiger partial charge in [0.2, 0.25) is 0 Å². The summed E-state index contributed by atoms with van der Waals surface area (Å²) in [5.41, 5.74) is 1.28. The van der Waals surface area contributed by atoms with Crippen LogP contribution in [0.15, 0.2) is 40.8 Å². The highest BCUT2D eigenvalue weighted by Crippen LogP contribution is 2.17. The number of hydrogen-bond donors (Lipinski definition) is 2. The van der Waals surface area contributed by atoms with Gasteiger partial charge >= 0.3 is 5.88 Å². The normalized spacial score (nSPS) is 10.1. The van der Waals surface area contributed by atoms with Gasteiger partial charge in [0, 0.05) is 17.8 Å². The van der Waals surface area contributed by atoms with Crippen LogP contribution in [0.2, 0.25) is 0 Å². The molecule has 0 unspecified atom stereocenters. The number of nitrogens with zero attached hydrogens (tertiary/aromatic N) is 1. The summed E-state index contributed by atoms with van der Waals surface area (Å²) in [5, 5.41) is 16.3. The maximum Gasteiger partial charge on any atom is 0.433 e. The highest BCUT2D eigenvalue weighted by Gasteiger charge is 2.11. The maximum absolute atomic E-state index is 11.7. The lowest BCUT2D eigenvalue weighted by molar-refractivity contribution is -0.402. The third-order valence-corrected chi connectivity index (χ3v) is 2.76. The second kappa shape index (κ2) is 6.56. The molecule has 110 valence electrons. The van der Waals surface area contributed by atoms with Crippen molar-refractivity contribution in [1.82, 2.24) is 5.32 Å². The van der Waals surface area contributed by atoms with E-state index in [4.69, 9.17) is 4.42 Å². The van der Waals surface area contributed by atoms with Crippen molar-refractivity contribution in [2.45, 2.75) is 13.5 Å². The summed E-state index contributed by atoms with van der Waals surface area (Å²) in [4.78, 5) is 21.6. The van der Waals surface area contributed by atoms with Crippen LogP contribution in [0.25, 0.3) is 0 Å². The molecule has 0 atom stereocenters. The molecule has 1 aromatic carbocycles. The molecule has 0 aliphatic carbocycles. The first-order chi connectivity index (χ1) is 10.1. The number of nitrogens with one attached hydrogen (secondary N) is 2. The second-order valence-corrected chi connectivity index (χ2v) is 4.29. The number of nitro groups is 1. The third kappa shape index (κ3) is 3.82. The van der Waals surface area contributed by atoms with Gasteiger partial charge in [-0.05, 0) is 31.2 Å². The SMILES string of the molecule is CCNC(=O)c1cccc(NCc2ccc([N+](=O)[O-])o2)c1. The first-order valence-electron chi connectivity index (χ1n) is 6.45. The zero-order valence-corrected chi connectivity index (χ0v) is 11.5. The molecule has 2 N–H and O–H groups in total. The van der Waals surface area contributed by atoms with E-state index in [2.05, 4.69) is 10.6 Å². The summed E-state index contributed by atoms with van der Waals surface area (Å²) in [6.07, 6.45) is 0. The lowest BCUT2D eigenvalue weighted by Gasteiger charge is -2.07. The Balaban J connectivity index is 2.01. The number of anilines is 1. The van der Waals surface area contributed by atoms with Crippen LogP contribution >= 0.6 is 0 Å². The molecule has 1 heterocycles. The number of amides is 1. The van der Waals surface area contributed by atoms with Crippen molar-refractivity contribution in [3.05, 3.63) is 57.8 Å². The van der Waals surface area contributed by atoms with Crippen molar-refractivity contribution in [1.29, 1.82) is 0 Å². The summed E-state index contributed by atoms with van der Waals surface area (Å²) < 4.78 is 5.04. The van der Waals surface area contributed by atoms with E-state index in [9.17, 15) is 14.9 Å². The van der Waals surface area contributed by atoms with Gasteiger partial charge in [0.1, 0.15) is 10.7 Å². The largest absolute Gasteiger partial charge is 0.433 e. The van der Waals surface area contributed by atoms with Crippen LogP contribution in [0.1, 0.15) is 23.0 Å². The molecular formula is C14H15N3O4. The van der Waals surface area contributed by atoms with E-state index in [1.165, 1.54) is 6.07 Å². The molecule has 0 spiro atoms. The maximum atomic E-state index is 11.7. The molecule has 0 aliphatic heterocycles. The van der Waals surface area contributed by atoms with Gasteiger partial charge in [-0.15, -0.1) is 0 Å². The minimum Gasteiger partial charge on any atom is -0.404 e. The number of hydrogen-bond acceptors (Lipinski definition) is 5. The molecule has 0 saturated heterocycles. The Kier molecular flexibility index (Phi) is 4.55. The van der Waals surface area contributed by atoms with Gasteiger partial charge in [0.15, 0.2) is 0 Å². The number of carbonyl (C=O) groups excluding carboxylic acids is 1. The van der Waals surface area contributed by atoms with Gasteiger partial charge in [0.25, 0.3) is 5.91 Å². The van der Waals surface area contributed by atoms with E-state index in [0.717, 1.165) is 5.69 Å². The second-order valence-electron chi connectivity index (χ2n) is 4.29. The number of carbonyl (C=O) groups is 1. The van der Waals surface area contributed by atoms with Crippen molar-refractivity contribution in [2.75, 3.05) is 11.9 Å². The Hall–Kier alpha value is -2.83. The fraction of sp³-hybridized carbons (Fsp3) is 0.214. The fourth-order valence-corrected chi connectivity index (χ4v) is 1.78. The van der Waals surface area contributed by atoms with Gasteiger partial charge in [-0.25, -0.2) is 0 Å². The van der Waals surface area contributed by atoms with Gasteiger partial charge < -0.3 is 15.1 Å². The van der Waals surface area contributed by atoms with Crippen LogP contribution in [0.3, 0.4) is 0 Å². The highest BCUT2D eigenvalue weighted by atomic mass is 16.6. The lowest BCUT2D eigenvalue weighted by Crippen LogP contribution is -2.22. The summed E-state index contributed by atoms with van der Waals surface area (Å²) in [5.74, 6) is 0.0165. The molecule has 0 saturated carbocycles. The predicted octanol–water partition coefficient (Wildman–Crippen LogP) is 2.55. The van der Waals surface area contributed by atoms with Crippen LogP contribution in [0.4, 0.5) is 11.6 Å². The standard InChI is InChI=1S/C14H15N3O4/c1-2-15-14(18)10-4-3-5-11(8-10)16-9-12-6-7-13(21-12)17(19)20/h3-8,16H,2,9H2,1H3,(H,15,18). The molecule has 2 aromatic rings. The molecule has 21 heavy (non-hydrogen) atoms. The van der Waals surface area contributed by atoms with Crippen molar-refractivity contribution in [3.8, 4) is 0 Å². The molecule has 0 aliphatic rings. The van der Waals surface area contributed by atoms with E-state index in [-0.39, 0.29) is 11.8 Å². The summed E-state index contributed by atoms with van der Waals surface area (Å²) in [6.45, 7) is 2.71. The molecule has 0 bridgehead atoms. The smallest absolute Gasteiger partial charge is 0.404 e. The minimum absolute atomic E-state index is 0.144. The molecule has 2 rings (SSSR count). The molecule has 7 nitrogen and oxygen atoms in total. The Bertz CT molecular complexity index is 651. The van der Waals surface area contributed by atoms with Gasteiger partial charge in [0.05, 0.1) is 12.6 Å². The van der Waals surface area contributed by atoms with Crippen LogP contribution in [0, 0.1) is 10.1 Å². The Morgan fingerprint density at radius 2 is 2.14 bits per heavy atom. The summed E-state index contributed by atoms with van der Waals surface area (Å²) in [7, 11) is 0. The number of furan rings is 1. The van der Waals surface area contributed by atoms with Crippen molar-refractivity contribution < 1.29 is 14.1 Å². The first kappa shape index (κ1) is 14.6. The Morgan fingerprint density at radius 1 is 1.33 bits per heavy atom. The Labute approximate surface area is 121 Å². The van der Waals surface area contributed by atoms with Gasteiger partial charge in [-0.1, -0.05) is 6.07 Å². The average Bonchev–Trinajstić information content (AvgIpc) is 2.95. The zero-order valence-electron chi connectivity index (χ0n) is 11.5. The molecule has 0 radical (unpaired) electrons. The topological polar surface area (TPSA) is 97.4 Å². The van der Waals surface area contributed by atoms with Gasteiger partial charge in [-0.2, -0.15) is 0 Å². The molecule has 1 amide bonds. The molecule has 7 heteroatoms. The predicted molar refractivity (Wildman–Crippen MR) is 77.1 cm³/mol. The van der Waals surface area contributed by atoms with E-state index in [1.54, 1.807) is 30.3 Å². The van der Waals surface area contributed by atoms with Crippen LogP contribution < -0.4 is 10.6 Å². The van der Waals surface area contributed by atoms with E-state index in [1.807, 2.05) is 6.92 Å². The highest BCUT2D eigenvalue weighted by molar-refractivity contribution is 5.95. The average molecular weight is 289 g/mol. The quantitative estimate of drug-likeness (QED) is 0.629. The minimum atomic E-state index is -0.584. The van der Waals surface area contributed by atoms with Gasteiger partial charge in [-0.3, -0.25) is 14.9 Å². The lowest BCUT2D eigenvalue weighted by atomic mass is 10.2. The summed E-state index contributed by atoms with van der Waals surface area (Å²) in [6, 6.07) is 9.84. The molecule has 0 fully saturated rings. The van der Waals surface area contributed by atoms with Crippen molar-refractivity contribution in [3.63, 3.8) is 0 Å². The Morgan fingerprint density at radius 3 is 2.81 bits per heavy atom. The molecule has 1 aromatic heterocycles. The van der Waals surface area contributed by atoms with Crippen molar-refractivity contribution in [2.24, 2.45) is 0 Å². The fourth-order valence-electron chi connectivity index (χ4n) is 1.78. The zero-order chi connectivity index (χ0) is 15.2. The monoisotopic (exact) mass is 289 g/mol. The number of rotatable bonds is 6. The first-order valence-corrected chi connectivity index (χ1v) is 6.45. The van der Waals surface area contributed by atoms with E-state index >= 15 is 0 Å². The van der Waals surface area contributed by atoms with Crippen LogP contribution in [-0.2, 0) is 6.54 Å². The van der Waals surface area contributed by atoms with E-state index in [0.29, 0.717) is 24.4 Å². The van der Waals surface area contributed by atoms with Crippen LogP contribution in [0.5, 0.6) is 0 Å². The van der Waals surface area contributed by atoms with E-state index < -0.39 is 4.92 Å². The third-order valence-electron chi connectivity index (χ3n) is 2.76. The van der Waals surface area contributed by atoms with Crippen molar-refractivity contribution >= 4 is 17.5 Å². The number of benzene rings is 1.